The monoisotopic (exact) mass is 188 g/mol. The minimum atomic E-state index is -2.12. The molecule has 0 saturated carbocycles. The fraction of sp³-hybridized carbons (Fsp3) is 0.625. The lowest BCUT2D eigenvalue weighted by Gasteiger charge is -2.01. The van der Waals surface area contributed by atoms with E-state index in [1.54, 1.807) is 5.82 Å². The van der Waals surface area contributed by atoms with Crippen LogP contribution in [-0.2, 0) is 14.1 Å². The first-order valence-electron chi connectivity index (χ1n) is 4.01. The van der Waals surface area contributed by atoms with Crippen LogP contribution in [0.4, 0.5) is 0 Å². The molecule has 4 heteroatoms. The van der Waals surface area contributed by atoms with Crippen LogP contribution >= 0.6 is 7.14 Å². The normalized spacial score (nSPS) is 21.4. The Kier molecular flexibility index (Phi) is 3.10. The van der Waals surface area contributed by atoms with Gasteiger partial charge in [0.1, 0.15) is 7.14 Å². The van der Waals surface area contributed by atoms with E-state index in [4.69, 9.17) is 0 Å². The van der Waals surface area contributed by atoms with E-state index in [-0.39, 0.29) is 0 Å². The zero-order valence-corrected chi connectivity index (χ0v) is 8.05. The second-order valence-corrected chi connectivity index (χ2v) is 6.04. The maximum Gasteiger partial charge on any atom is 0.330 e. The molecular weight excluding hydrogens is 175 g/mol. The van der Waals surface area contributed by atoms with Gasteiger partial charge in [0.15, 0.2) is 0 Å². The number of hydrogen-bond acceptors (Lipinski definition) is 3. The summed E-state index contributed by atoms with van der Waals surface area (Å²) < 4.78 is 16.1. The Morgan fingerprint density at radius 2 is 2.00 bits per heavy atom. The highest BCUT2D eigenvalue weighted by molar-refractivity contribution is 7.67. The van der Waals surface area contributed by atoms with Gasteiger partial charge in [-0.15, -0.1) is 0 Å². The largest absolute Gasteiger partial charge is 0.466 e. The number of carbonyl (C=O) groups is 1. The smallest absolute Gasteiger partial charge is 0.330 e. The van der Waals surface area contributed by atoms with Crippen LogP contribution in [0.1, 0.15) is 12.8 Å². The minimum absolute atomic E-state index is 0.419. The van der Waals surface area contributed by atoms with Gasteiger partial charge in [-0.2, -0.15) is 0 Å². The summed E-state index contributed by atoms with van der Waals surface area (Å²) in [6.45, 7) is 0. The Hall–Kier alpha value is -0.560. The van der Waals surface area contributed by atoms with Gasteiger partial charge in [-0.05, 0) is 18.7 Å². The van der Waals surface area contributed by atoms with Crippen molar-refractivity contribution in [2.24, 2.45) is 0 Å². The Labute approximate surface area is 72.2 Å². The summed E-state index contributed by atoms with van der Waals surface area (Å²) in [6.07, 6.45) is 4.82. The molecule has 1 aliphatic heterocycles. The molecule has 0 bridgehead atoms. The van der Waals surface area contributed by atoms with Crippen LogP contribution in [0.15, 0.2) is 11.9 Å². The molecule has 0 aromatic carbocycles. The van der Waals surface area contributed by atoms with Gasteiger partial charge in [0.25, 0.3) is 0 Å². The third kappa shape index (κ3) is 2.49. The van der Waals surface area contributed by atoms with Crippen LogP contribution in [0.2, 0.25) is 0 Å². The van der Waals surface area contributed by atoms with Crippen molar-refractivity contribution < 1.29 is 14.1 Å². The van der Waals surface area contributed by atoms with Crippen molar-refractivity contribution in [3.05, 3.63) is 11.9 Å². The summed E-state index contributed by atoms with van der Waals surface area (Å²) in [4.78, 5) is 10.7. The Morgan fingerprint density at radius 1 is 1.42 bits per heavy atom. The van der Waals surface area contributed by atoms with Crippen molar-refractivity contribution >= 4 is 13.1 Å². The predicted molar refractivity (Wildman–Crippen MR) is 47.7 cm³/mol. The van der Waals surface area contributed by atoms with E-state index in [1.165, 1.54) is 13.2 Å². The van der Waals surface area contributed by atoms with Crippen molar-refractivity contribution in [2.45, 2.75) is 12.8 Å². The zero-order valence-electron chi connectivity index (χ0n) is 7.16. The molecular formula is C8H13O3P. The summed E-state index contributed by atoms with van der Waals surface area (Å²) in [5.41, 5.74) is 0. The Bertz CT molecular complexity index is 235. The Balaban J connectivity index is 2.54. The van der Waals surface area contributed by atoms with Crippen LogP contribution in [-0.4, -0.2) is 25.4 Å². The third-order valence-corrected chi connectivity index (χ3v) is 4.85. The van der Waals surface area contributed by atoms with Crippen molar-refractivity contribution in [3.63, 3.8) is 0 Å². The van der Waals surface area contributed by atoms with E-state index in [2.05, 4.69) is 4.74 Å². The first kappa shape index (κ1) is 9.53. The minimum Gasteiger partial charge on any atom is -0.466 e. The van der Waals surface area contributed by atoms with E-state index < -0.39 is 13.1 Å². The second kappa shape index (κ2) is 3.90. The molecule has 0 aliphatic carbocycles. The van der Waals surface area contributed by atoms with E-state index in [0.717, 1.165) is 25.2 Å². The average Bonchev–Trinajstić information content (AvgIpc) is 2.49. The van der Waals surface area contributed by atoms with Gasteiger partial charge < -0.3 is 9.30 Å². The molecule has 3 nitrogen and oxygen atoms in total. The van der Waals surface area contributed by atoms with Gasteiger partial charge >= 0.3 is 5.97 Å². The first-order chi connectivity index (χ1) is 5.66. The van der Waals surface area contributed by atoms with E-state index in [9.17, 15) is 9.36 Å². The Morgan fingerprint density at radius 3 is 2.50 bits per heavy atom. The lowest BCUT2D eigenvalue weighted by Crippen LogP contribution is -1.93. The standard InChI is InChI=1S/C8H13O3P/c1-11-8(9)4-7-12(10)5-2-3-6-12/h4,7H,2-3,5-6H2,1H3/b7-4+. The lowest BCUT2D eigenvalue weighted by atomic mass is 10.4. The molecule has 0 atom stereocenters. The van der Waals surface area contributed by atoms with Gasteiger partial charge in [-0.25, -0.2) is 4.79 Å². The second-order valence-electron chi connectivity index (χ2n) is 2.95. The maximum atomic E-state index is 11.7. The van der Waals surface area contributed by atoms with Crippen LogP contribution in [0.25, 0.3) is 0 Å². The highest BCUT2D eigenvalue weighted by atomic mass is 31.2. The molecule has 0 radical (unpaired) electrons. The van der Waals surface area contributed by atoms with Crippen LogP contribution in [0.5, 0.6) is 0 Å². The van der Waals surface area contributed by atoms with Crippen molar-refractivity contribution in [2.75, 3.05) is 19.4 Å². The molecule has 0 amide bonds. The van der Waals surface area contributed by atoms with E-state index in [1.807, 2.05) is 0 Å². The van der Waals surface area contributed by atoms with Gasteiger partial charge in [0.2, 0.25) is 0 Å². The molecule has 0 aromatic heterocycles. The summed E-state index contributed by atoms with van der Waals surface area (Å²) in [6, 6.07) is 0. The maximum absolute atomic E-state index is 11.7. The van der Waals surface area contributed by atoms with Gasteiger partial charge in [0.05, 0.1) is 7.11 Å². The molecule has 1 fully saturated rings. The van der Waals surface area contributed by atoms with E-state index in [0.29, 0.717) is 0 Å². The van der Waals surface area contributed by atoms with Crippen molar-refractivity contribution in [3.8, 4) is 0 Å². The number of rotatable bonds is 2. The molecule has 1 rings (SSSR count). The predicted octanol–water partition coefficient (Wildman–Crippen LogP) is 1.83. The van der Waals surface area contributed by atoms with Gasteiger partial charge in [-0.1, -0.05) is 0 Å². The first-order valence-corrected chi connectivity index (χ1v) is 6.16. The number of esters is 1. The average molecular weight is 188 g/mol. The number of hydrogen-bond donors (Lipinski definition) is 0. The molecule has 0 N–H and O–H groups in total. The zero-order chi connectivity index (χ0) is 9.03. The highest BCUT2D eigenvalue weighted by Crippen LogP contribution is 2.53. The van der Waals surface area contributed by atoms with Crippen LogP contribution in [0, 0.1) is 0 Å². The van der Waals surface area contributed by atoms with Gasteiger partial charge in [0, 0.05) is 18.4 Å². The van der Waals surface area contributed by atoms with Crippen LogP contribution < -0.4 is 0 Å². The fourth-order valence-corrected chi connectivity index (χ4v) is 3.72. The molecule has 1 aliphatic rings. The lowest BCUT2D eigenvalue weighted by molar-refractivity contribution is -0.134. The number of methoxy groups -OCH3 is 1. The summed E-state index contributed by atoms with van der Waals surface area (Å²) in [5.74, 6) is 1.13. The third-order valence-electron chi connectivity index (χ3n) is 2.01. The molecule has 1 saturated heterocycles. The molecule has 68 valence electrons. The summed E-state index contributed by atoms with van der Waals surface area (Å²) in [7, 11) is -0.802. The number of carbonyl (C=O) groups excluding carboxylic acids is 1. The molecule has 0 spiro atoms. The molecule has 12 heavy (non-hydrogen) atoms. The van der Waals surface area contributed by atoms with Crippen molar-refractivity contribution in [1.82, 2.24) is 0 Å². The SMILES string of the molecule is COC(=O)/C=C/P1(=O)CCCC1. The summed E-state index contributed by atoms with van der Waals surface area (Å²) >= 11 is 0. The highest BCUT2D eigenvalue weighted by Gasteiger charge is 2.23. The van der Waals surface area contributed by atoms with Crippen molar-refractivity contribution in [1.29, 1.82) is 0 Å². The molecule has 0 aromatic rings. The molecule has 1 heterocycles. The topological polar surface area (TPSA) is 43.4 Å². The molecule has 0 unspecified atom stereocenters. The quantitative estimate of drug-likeness (QED) is 0.377. The number of ether oxygens (including phenoxy) is 1. The van der Waals surface area contributed by atoms with Crippen LogP contribution in [0.3, 0.4) is 0 Å². The summed E-state index contributed by atoms with van der Waals surface area (Å²) in [5, 5.41) is 0. The van der Waals surface area contributed by atoms with E-state index >= 15 is 0 Å². The van der Waals surface area contributed by atoms with Gasteiger partial charge in [-0.3, -0.25) is 0 Å². The fourth-order valence-electron chi connectivity index (χ4n) is 1.28.